The maximum Gasteiger partial charge on any atom is 0.123 e. The van der Waals surface area contributed by atoms with Gasteiger partial charge in [-0.15, -0.1) is 11.3 Å². The number of thiophene rings is 1. The summed E-state index contributed by atoms with van der Waals surface area (Å²) in [6.45, 7) is 4.03. The minimum atomic E-state index is -0.202. The zero-order valence-corrected chi connectivity index (χ0v) is 12.7. The molecule has 96 valence electrons. The third-order valence-electron chi connectivity index (χ3n) is 2.99. The molecule has 2 rings (SSSR count). The lowest BCUT2D eigenvalue weighted by Gasteiger charge is -2.12. The number of nitrogens with two attached hydrogens (primary N) is 1. The molecule has 0 aliphatic rings. The van der Waals surface area contributed by atoms with E-state index in [0.717, 1.165) is 19.8 Å². The summed E-state index contributed by atoms with van der Waals surface area (Å²) in [5.74, 6) is -0.202. The smallest absolute Gasteiger partial charge is 0.123 e. The van der Waals surface area contributed by atoms with Crippen molar-refractivity contribution in [2.24, 2.45) is 5.73 Å². The predicted octanol–water partition coefficient (Wildman–Crippen LogP) is 4.51. The topological polar surface area (TPSA) is 26.0 Å². The van der Waals surface area contributed by atoms with E-state index in [-0.39, 0.29) is 11.9 Å². The van der Waals surface area contributed by atoms with Gasteiger partial charge in [0.15, 0.2) is 0 Å². The van der Waals surface area contributed by atoms with Crippen molar-refractivity contribution in [3.63, 3.8) is 0 Å². The lowest BCUT2D eigenvalue weighted by molar-refractivity contribution is 0.621. The van der Waals surface area contributed by atoms with E-state index in [4.69, 9.17) is 5.73 Å². The minimum Gasteiger partial charge on any atom is -0.323 e. The summed E-state index contributed by atoms with van der Waals surface area (Å²) in [5.41, 5.74) is 9.45. The number of halogens is 2. The van der Waals surface area contributed by atoms with Crippen LogP contribution in [0, 0.1) is 19.7 Å². The summed E-state index contributed by atoms with van der Waals surface area (Å²) >= 11 is 5.15. The molecule has 0 bridgehead atoms. The average molecular weight is 328 g/mol. The van der Waals surface area contributed by atoms with Gasteiger partial charge in [-0.3, -0.25) is 0 Å². The zero-order chi connectivity index (χ0) is 13.3. The molecule has 1 atom stereocenters. The molecular formula is C14H15BrFNS. The van der Waals surface area contributed by atoms with Crippen LogP contribution in [0.2, 0.25) is 0 Å². The van der Waals surface area contributed by atoms with Crippen LogP contribution in [-0.4, -0.2) is 0 Å². The highest BCUT2D eigenvalue weighted by Crippen LogP contribution is 2.32. The number of hydrogen-bond donors (Lipinski definition) is 1. The van der Waals surface area contributed by atoms with Crippen molar-refractivity contribution in [1.29, 1.82) is 0 Å². The van der Waals surface area contributed by atoms with Gasteiger partial charge < -0.3 is 5.73 Å². The van der Waals surface area contributed by atoms with Crippen LogP contribution in [0.3, 0.4) is 0 Å². The number of rotatable bonds is 3. The Balaban J connectivity index is 2.20. The normalized spacial score (nSPS) is 12.7. The highest BCUT2D eigenvalue weighted by atomic mass is 79.9. The van der Waals surface area contributed by atoms with Crippen LogP contribution >= 0.6 is 27.3 Å². The Kier molecular flexibility index (Phi) is 4.20. The zero-order valence-electron chi connectivity index (χ0n) is 10.3. The molecule has 0 saturated carbocycles. The van der Waals surface area contributed by atoms with E-state index in [9.17, 15) is 4.39 Å². The van der Waals surface area contributed by atoms with Crippen molar-refractivity contribution in [2.45, 2.75) is 26.3 Å². The second-order valence-electron chi connectivity index (χ2n) is 4.49. The van der Waals surface area contributed by atoms with Gasteiger partial charge in [0.25, 0.3) is 0 Å². The van der Waals surface area contributed by atoms with Crippen LogP contribution in [0.15, 0.2) is 28.1 Å². The van der Waals surface area contributed by atoms with Crippen LogP contribution in [-0.2, 0) is 6.42 Å². The first kappa shape index (κ1) is 13.7. The molecule has 0 fully saturated rings. The first-order chi connectivity index (χ1) is 8.47. The lowest BCUT2D eigenvalue weighted by Crippen LogP contribution is -2.12. The lowest BCUT2D eigenvalue weighted by atomic mass is 10.0. The Hall–Kier alpha value is -0.710. The highest BCUT2D eigenvalue weighted by molar-refractivity contribution is 9.11. The van der Waals surface area contributed by atoms with Gasteiger partial charge in [-0.2, -0.15) is 0 Å². The molecule has 18 heavy (non-hydrogen) atoms. The van der Waals surface area contributed by atoms with Crippen molar-refractivity contribution in [3.8, 4) is 0 Å². The fraction of sp³-hybridized carbons (Fsp3) is 0.286. The third-order valence-corrected chi connectivity index (χ3v) is 5.26. The van der Waals surface area contributed by atoms with Gasteiger partial charge in [0.1, 0.15) is 5.82 Å². The van der Waals surface area contributed by atoms with Crippen LogP contribution in [0.1, 0.15) is 27.6 Å². The van der Waals surface area contributed by atoms with Crippen molar-refractivity contribution in [3.05, 3.63) is 55.4 Å². The van der Waals surface area contributed by atoms with E-state index in [1.165, 1.54) is 11.6 Å². The predicted molar refractivity (Wildman–Crippen MR) is 78.5 cm³/mol. The van der Waals surface area contributed by atoms with Gasteiger partial charge in [-0.25, -0.2) is 4.39 Å². The van der Waals surface area contributed by atoms with E-state index >= 15 is 0 Å². The van der Waals surface area contributed by atoms with Crippen LogP contribution in [0.5, 0.6) is 0 Å². The van der Waals surface area contributed by atoms with Crippen molar-refractivity contribution in [2.75, 3.05) is 0 Å². The van der Waals surface area contributed by atoms with E-state index in [1.807, 2.05) is 13.8 Å². The van der Waals surface area contributed by atoms with E-state index in [1.54, 1.807) is 23.5 Å². The molecule has 1 aromatic carbocycles. The van der Waals surface area contributed by atoms with Gasteiger partial charge >= 0.3 is 0 Å². The van der Waals surface area contributed by atoms with E-state index < -0.39 is 0 Å². The second-order valence-corrected chi connectivity index (χ2v) is 6.89. The molecule has 0 aliphatic heterocycles. The number of benzene rings is 1. The minimum absolute atomic E-state index is 0.0829. The quantitative estimate of drug-likeness (QED) is 0.881. The Labute approximate surface area is 119 Å². The van der Waals surface area contributed by atoms with Gasteiger partial charge in [0.05, 0.1) is 3.79 Å². The first-order valence-corrected chi connectivity index (χ1v) is 7.34. The fourth-order valence-corrected chi connectivity index (χ4v) is 3.44. The molecule has 2 aromatic rings. The number of aryl methyl sites for hydroxylation is 2. The van der Waals surface area contributed by atoms with Gasteiger partial charge in [0, 0.05) is 10.9 Å². The van der Waals surface area contributed by atoms with Crippen LogP contribution in [0.4, 0.5) is 4.39 Å². The molecule has 1 unspecified atom stereocenters. The molecule has 1 nitrogen and oxygen atoms in total. The maximum absolute atomic E-state index is 13.2. The second kappa shape index (κ2) is 5.51. The Morgan fingerprint density at radius 1 is 1.28 bits per heavy atom. The molecule has 0 spiro atoms. The monoisotopic (exact) mass is 327 g/mol. The molecule has 0 amide bonds. The Morgan fingerprint density at radius 2 is 2.00 bits per heavy atom. The molecule has 4 heteroatoms. The van der Waals surface area contributed by atoms with E-state index in [0.29, 0.717) is 6.42 Å². The molecule has 2 N–H and O–H groups in total. The summed E-state index contributed by atoms with van der Waals surface area (Å²) in [7, 11) is 0. The Bertz CT molecular complexity index is 545. The summed E-state index contributed by atoms with van der Waals surface area (Å²) in [6.07, 6.45) is 0.663. The van der Waals surface area contributed by atoms with Crippen LogP contribution in [0.25, 0.3) is 0 Å². The van der Waals surface area contributed by atoms with Crippen molar-refractivity contribution in [1.82, 2.24) is 0 Å². The van der Waals surface area contributed by atoms with E-state index in [2.05, 4.69) is 22.0 Å². The SMILES string of the molecule is Cc1ccc(F)cc1CC(N)c1cc(C)c(Br)s1. The summed E-state index contributed by atoms with van der Waals surface area (Å²) in [6, 6.07) is 6.86. The maximum atomic E-state index is 13.2. The molecule has 1 aromatic heterocycles. The fourth-order valence-electron chi connectivity index (χ4n) is 1.86. The Morgan fingerprint density at radius 3 is 2.61 bits per heavy atom. The standard InChI is InChI=1S/C14H15BrFNS/c1-8-3-4-11(16)6-10(8)7-12(17)13-5-9(2)14(15)18-13/h3-6,12H,7,17H2,1-2H3. The molecule has 0 saturated heterocycles. The molecule has 0 radical (unpaired) electrons. The first-order valence-electron chi connectivity index (χ1n) is 5.74. The van der Waals surface area contributed by atoms with Crippen molar-refractivity contribution < 1.29 is 4.39 Å². The average Bonchev–Trinajstić information content (AvgIpc) is 2.64. The summed E-state index contributed by atoms with van der Waals surface area (Å²) in [4.78, 5) is 1.13. The molecule has 1 heterocycles. The van der Waals surface area contributed by atoms with Gasteiger partial charge in [0.2, 0.25) is 0 Å². The highest BCUT2D eigenvalue weighted by Gasteiger charge is 2.13. The van der Waals surface area contributed by atoms with Crippen molar-refractivity contribution >= 4 is 27.3 Å². The largest absolute Gasteiger partial charge is 0.323 e. The number of hydrogen-bond acceptors (Lipinski definition) is 2. The van der Waals surface area contributed by atoms with Gasteiger partial charge in [-0.1, -0.05) is 6.07 Å². The third kappa shape index (κ3) is 2.99. The summed E-state index contributed by atoms with van der Waals surface area (Å²) < 4.78 is 14.3. The molecule has 0 aliphatic carbocycles. The van der Waals surface area contributed by atoms with Crippen LogP contribution < -0.4 is 5.73 Å². The summed E-state index contributed by atoms with van der Waals surface area (Å²) in [5, 5.41) is 0. The molecular weight excluding hydrogens is 313 g/mol. The van der Waals surface area contributed by atoms with Gasteiger partial charge in [-0.05, 0) is 71.1 Å².